The van der Waals surface area contributed by atoms with E-state index >= 15 is 0 Å². The second-order valence-electron chi connectivity index (χ2n) is 7.61. The summed E-state index contributed by atoms with van der Waals surface area (Å²) in [5, 5.41) is 9.57. The minimum Gasteiger partial charge on any atom is -0.467 e. The monoisotopic (exact) mass is 395 g/mol. The van der Waals surface area contributed by atoms with Crippen molar-refractivity contribution in [1.29, 1.82) is 0 Å². The number of hydrogen-bond acceptors (Lipinski definition) is 5. The predicted octanol–water partition coefficient (Wildman–Crippen LogP) is 5.01. The zero-order chi connectivity index (χ0) is 19.8. The van der Waals surface area contributed by atoms with Gasteiger partial charge in [-0.3, -0.25) is 9.36 Å². The highest BCUT2D eigenvalue weighted by molar-refractivity contribution is 7.99. The summed E-state index contributed by atoms with van der Waals surface area (Å²) in [4.78, 5) is 12.9. The molecule has 5 nitrogen and oxygen atoms in total. The molecule has 0 spiro atoms. The third-order valence-electron chi connectivity index (χ3n) is 5.70. The van der Waals surface area contributed by atoms with Gasteiger partial charge in [-0.25, -0.2) is 0 Å². The van der Waals surface area contributed by atoms with Crippen LogP contribution in [0.1, 0.15) is 63.0 Å². The molecule has 1 fully saturated rings. The van der Waals surface area contributed by atoms with Crippen molar-refractivity contribution in [3.63, 3.8) is 0 Å². The second-order valence-corrected chi connectivity index (χ2v) is 8.55. The number of aryl methyl sites for hydroxylation is 1. The maximum absolute atomic E-state index is 12.9. The van der Waals surface area contributed by atoms with Crippen molar-refractivity contribution < 1.29 is 9.21 Å². The lowest BCUT2D eigenvalue weighted by molar-refractivity contribution is 0.102. The van der Waals surface area contributed by atoms with Gasteiger partial charge in [-0.1, -0.05) is 11.8 Å². The van der Waals surface area contributed by atoms with Crippen molar-refractivity contribution in [2.75, 3.05) is 5.75 Å². The summed E-state index contributed by atoms with van der Waals surface area (Å²) < 4.78 is 7.62. The van der Waals surface area contributed by atoms with Crippen LogP contribution in [0.15, 0.2) is 34.0 Å². The molecule has 0 saturated heterocycles. The van der Waals surface area contributed by atoms with Crippen LogP contribution in [0.4, 0.5) is 0 Å². The molecular formula is C22H25N3O2S. The topological polar surface area (TPSA) is 60.9 Å². The first kappa shape index (κ1) is 19.0. The van der Waals surface area contributed by atoms with Crippen molar-refractivity contribution >= 4 is 17.5 Å². The summed E-state index contributed by atoms with van der Waals surface area (Å²) >= 11 is 1.46. The fraction of sp³-hybridized carbons (Fsp3) is 0.409. The van der Waals surface area contributed by atoms with Crippen molar-refractivity contribution in [2.45, 2.75) is 58.2 Å². The van der Waals surface area contributed by atoms with Gasteiger partial charge in [0.05, 0.1) is 18.6 Å². The van der Waals surface area contributed by atoms with Gasteiger partial charge in [0.2, 0.25) is 0 Å². The molecule has 0 amide bonds. The van der Waals surface area contributed by atoms with E-state index < -0.39 is 0 Å². The Balaban J connectivity index is 1.55. The Morgan fingerprint density at radius 3 is 2.64 bits per heavy atom. The maximum Gasteiger partial charge on any atom is 0.192 e. The smallest absolute Gasteiger partial charge is 0.192 e. The van der Waals surface area contributed by atoms with Gasteiger partial charge in [0.25, 0.3) is 0 Å². The van der Waals surface area contributed by atoms with E-state index in [0.29, 0.717) is 18.2 Å². The Hall–Kier alpha value is -2.34. The van der Waals surface area contributed by atoms with Gasteiger partial charge in [-0.05, 0) is 81.0 Å². The molecule has 2 aromatic heterocycles. The average Bonchev–Trinajstić information content (AvgIpc) is 3.25. The fourth-order valence-corrected chi connectivity index (χ4v) is 4.29. The van der Waals surface area contributed by atoms with E-state index in [-0.39, 0.29) is 5.78 Å². The highest BCUT2D eigenvalue weighted by atomic mass is 32.2. The molecule has 1 aliphatic rings. The minimum absolute atomic E-state index is 0.134. The van der Waals surface area contributed by atoms with Gasteiger partial charge in [0.1, 0.15) is 11.6 Å². The minimum atomic E-state index is 0.134. The molecule has 0 bridgehead atoms. The zero-order valence-corrected chi connectivity index (χ0v) is 17.6. The molecule has 2 heterocycles. The molecular weight excluding hydrogens is 370 g/mol. The summed E-state index contributed by atoms with van der Waals surface area (Å²) in [5.74, 6) is 2.84. The predicted molar refractivity (Wildman–Crippen MR) is 110 cm³/mol. The van der Waals surface area contributed by atoms with Gasteiger partial charge >= 0.3 is 0 Å². The molecule has 28 heavy (non-hydrogen) atoms. The van der Waals surface area contributed by atoms with Crippen LogP contribution in [-0.4, -0.2) is 26.3 Å². The van der Waals surface area contributed by atoms with E-state index in [1.54, 1.807) is 6.26 Å². The molecule has 6 heteroatoms. The summed E-state index contributed by atoms with van der Waals surface area (Å²) in [5.41, 5.74) is 5.50. The lowest BCUT2D eigenvalue weighted by Crippen LogP contribution is -2.10. The number of benzene rings is 1. The average molecular weight is 396 g/mol. The number of carbonyl (C=O) groups excluding carboxylic acids is 1. The molecule has 0 N–H and O–H groups in total. The first-order valence-corrected chi connectivity index (χ1v) is 10.6. The summed E-state index contributed by atoms with van der Waals surface area (Å²) in [7, 11) is 0. The largest absolute Gasteiger partial charge is 0.467 e. The summed E-state index contributed by atoms with van der Waals surface area (Å²) in [6, 6.07) is 5.86. The first-order chi connectivity index (χ1) is 13.5. The van der Waals surface area contributed by atoms with Crippen LogP contribution >= 0.6 is 11.8 Å². The van der Waals surface area contributed by atoms with Crippen LogP contribution in [0, 0.1) is 27.7 Å². The number of carbonyl (C=O) groups is 1. The summed E-state index contributed by atoms with van der Waals surface area (Å²) in [6.07, 6.45) is 3.99. The molecule has 1 aromatic carbocycles. The fourth-order valence-electron chi connectivity index (χ4n) is 3.47. The van der Waals surface area contributed by atoms with Crippen molar-refractivity contribution in [1.82, 2.24) is 14.8 Å². The number of thioether (sulfide) groups is 1. The van der Waals surface area contributed by atoms with Gasteiger partial charge in [-0.2, -0.15) is 0 Å². The zero-order valence-electron chi connectivity index (χ0n) is 16.8. The molecule has 1 saturated carbocycles. The first-order valence-electron chi connectivity index (χ1n) is 9.64. The second kappa shape index (κ2) is 7.59. The maximum atomic E-state index is 12.9. The highest BCUT2D eigenvalue weighted by Crippen LogP contribution is 2.40. The molecule has 3 aromatic rings. The Morgan fingerprint density at radius 1 is 1.18 bits per heavy atom. The number of rotatable bonds is 7. The Kier molecular flexibility index (Phi) is 5.15. The molecule has 0 atom stereocenters. The lowest BCUT2D eigenvalue weighted by Gasteiger charge is -2.13. The van der Waals surface area contributed by atoms with Crippen LogP contribution in [0.3, 0.4) is 0 Å². The number of furan rings is 1. The van der Waals surface area contributed by atoms with Crippen molar-refractivity contribution in [3.8, 4) is 0 Å². The standard InChI is InChI=1S/C22H25N3O2S/c1-13-10-19(16(4)15(3)14(13)2)20(26)12-28-22-24-23-21(17-7-8-17)25(22)11-18-6-5-9-27-18/h5-6,9-10,17H,7-8,11-12H2,1-4H3. The third kappa shape index (κ3) is 3.65. The Labute approximate surface area is 169 Å². The number of nitrogens with zero attached hydrogens (tertiary/aromatic N) is 3. The third-order valence-corrected chi connectivity index (χ3v) is 6.66. The molecule has 0 radical (unpaired) electrons. The van der Waals surface area contributed by atoms with Crippen LogP contribution in [0.25, 0.3) is 0 Å². The summed E-state index contributed by atoms with van der Waals surface area (Å²) in [6.45, 7) is 8.89. The number of hydrogen-bond donors (Lipinski definition) is 0. The van der Waals surface area contributed by atoms with E-state index in [2.05, 4.69) is 35.5 Å². The van der Waals surface area contributed by atoms with E-state index in [1.165, 1.54) is 22.9 Å². The van der Waals surface area contributed by atoms with E-state index in [4.69, 9.17) is 4.42 Å². The lowest BCUT2D eigenvalue weighted by atomic mass is 9.93. The quantitative estimate of drug-likeness (QED) is 0.416. The number of ketones is 1. The van der Waals surface area contributed by atoms with Crippen LogP contribution < -0.4 is 0 Å². The van der Waals surface area contributed by atoms with Gasteiger partial charge in [0, 0.05) is 11.5 Å². The van der Waals surface area contributed by atoms with E-state index in [0.717, 1.165) is 46.3 Å². The van der Waals surface area contributed by atoms with Crippen LogP contribution in [-0.2, 0) is 6.54 Å². The number of Topliss-reactive ketones (excluding diaryl/α,β-unsaturated/α-hetero) is 1. The molecule has 0 aliphatic heterocycles. The van der Waals surface area contributed by atoms with Gasteiger partial charge in [0.15, 0.2) is 10.9 Å². The van der Waals surface area contributed by atoms with E-state index in [1.807, 2.05) is 25.1 Å². The van der Waals surface area contributed by atoms with E-state index in [9.17, 15) is 4.79 Å². The molecule has 0 unspecified atom stereocenters. The van der Waals surface area contributed by atoms with Crippen LogP contribution in [0.2, 0.25) is 0 Å². The molecule has 1 aliphatic carbocycles. The Bertz CT molecular complexity index is 1020. The Morgan fingerprint density at radius 2 is 1.96 bits per heavy atom. The molecule has 146 valence electrons. The van der Waals surface area contributed by atoms with Gasteiger partial charge in [-0.15, -0.1) is 10.2 Å². The van der Waals surface area contributed by atoms with Crippen LogP contribution in [0.5, 0.6) is 0 Å². The highest BCUT2D eigenvalue weighted by Gasteiger charge is 2.31. The van der Waals surface area contributed by atoms with Gasteiger partial charge < -0.3 is 4.42 Å². The SMILES string of the molecule is Cc1cc(C(=O)CSc2nnc(C3CC3)n2Cc2ccco2)c(C)c(C)c1C. The normalized spacial score (nSPS) is 13.9. The van der Waals surface area contributed by atoms with Crippen molar-refractivity contribution in [3.05, 3.63) is 63.9 Å². The molecule has 4 rings (SSSR count). The van der Waals surface area contributed by atoms with Crippen molar-refractivity contribution in [2.24, 2.45) is 0 Å². The number of aromatic nitrogens is 3.